The number of hydrogen-bond donors (Lipinski definition) is 2. The fraction of sp³-hybridized carbons (Fsp3) is 0.400. The van der Waals surface area contributed by atoms with Crippen LogP contribution in [0.4, 0.5) is 0 Å². The van der Waals surface area contributed by atoms with Gasteiger partial charge in [0, 0.05) is 18.3 Å². The van der Waals surface area contributed by atoms with Crippen molar-refractivity contribution in [2.75, 3.05) is 7.11 Å². The third kappa shape index (κ3) is 4.51. The molecule has 28 heavy (non-hydrogen) atoms. The third-order valence-electron chi connectivity index (χ3n) is 4.72. The molecular weight excluding hydrogens is 380 g/mol. The van der Waals surface area contributed by atoms with Crippen molar-refractivity contribution in [3.05, 3.63) is 54.4 Å². The first kappa shape index (κ1) is 21.8. The molecule has 0 aliphatic rings. The molecule has 1 unspecified atom stereocenters. The zero-order valence-corrected chi connectivity index (χ0v) is 17.1. The minimum Gasteiger partial charge on any atom is -0.497 e. The van der Waals surface area contributed by atoms with Crippen molar-refractivity contribution in [1.29, 1.82) is 0 Å². The van der Waals surface area contributed by atoms with E-state index in [9.17, 15) is 18.4 Å². The monoisotopic (exact) mass is 406 g/mol. The summed E-state index contributed by atoms with van der Waals surface area (Å²) in [7, 11) is -2.68. The maximum absolute atomic E-state index is 13.6. The number of pyridine rings is 1. The van der Waals surface area contributed by atoms with Gasteiger partial charge in [-0.05, 0) is 55.2 Å². The second-order valence-corrected chi connectivity index (χ2v) is 9.30. The second kappa shape index (κ2) is 9.16. The van der Waals surface area contributed by atoms with Crippen LogP contribution in [0.25, 0.3) is 0 Å². The SMILES string of the molecule is COc1ccc(S(=O)(=O)C(CCC(C)C)(Cc2ccccn2)C(=O)NO)cc1. The Morgan fingerprint density at radius 1 is 1.21 bits per heavy atom. The van der Waals surface area contributed by atoms with Crippen molar-refractivity contribution in [3.63, 3.8) is 0 Å². The van der Waals surface area contributed by atoms with E-state index in [1.54, 1.807) is 29.9 Å². The Bertz CT molecular complexity index is 883. The van der Waals surface area contributed by atoms with Crippen LogP contribution in [0.5, 0.6) is 5.75 Å². The molecule has 2 aromatic rings. The van der Waals surface area contributed by atoms with Crippen LogP contribution in [0.1, 0.15) is 32.4 Å². The number of hydrogen-bond acceptors (Lipinski definition) is 6. The molecular formula is C20H26N2O5S. The van der Waals surface area contributed by atoms with Crippen LogP contribution in [0.2, 0.25) is 0 Å². The molecule has 0 aliphatic heterocycles. The number of sulfone groups is 1. The van der Waals surface area contributed by atoms with Gasteiger partial charge in [-0.15, -0.1) is 0 Å². The maximum Gasteiger partial charge on any atom is 0.265 e. The number of amides is 1. The smallest absolute Gasteiger partial charge is 0.265 e. The highest BCUT2D eigenvalue weighted by Gasteiger charge is 2.51. The van der Waals surface area contributed by atoms with Crippen LogP contribution < -0.4 is 10.2 Å². The first-order chi connectivity index (χ1) is 13.3. The predicted octanol–water partition coefficient (Wildman–Crippen LogP) is 2.79. The van der Waals surface area contributed by atoms with E-state index < -0.39 is 20.5 Å². The summed E-state index contributed by atoms with van der Waals surface area (Å²) < 4.78 is 30.5. The van der Waals surface area contributed by atoms with Gasteiger partial charge in [-0.3, -0.25) is 15.0 Å². The highest BCUT2D eigenvalue weighted by atomic mass is 32.2. The highest BCUT2D eigenvalue weighted by Crippen LogP contribution is 2.35. The van der Waals surface area contributed by atoms with Crippen molar-refractivity contribution in [3.8, 4) is 5.75 Å². The number of nitrogens with zero attached hydrogens (tertiary/aromatic N) is 1. The van der Waals surface area contributed by atoms with E-state index in [2.05, 4.69) is 4.98 Å². The van der Waals surface area contributed by atoms with Gasteiger partial charge in [-0.25, -0.2) is 13.9 Å². The van der Waals surface area contributed by atoms with Crippen molar-refractivity contribution >= 4 is 15.7 Å². The molecule has 1 aromatic heterocycles. The van der Waals surface area contributed by atoms with Crippen molar-refractivity contribution in [1.82, 2.24) is 10.5 Å². The normalized spacial score (nSPS) is 13.8. The van der Waals surface area contributed by atoms with Gasteiger partial charge in [0.1, 0.15) is 5.75 Å². The lowest BCUT2D eigenvalue weighted by atomic mass is 9.92. The number of nitrogens with one attached hydrogen (secondary N) is 1. The van der Waals surface area contributed by atoms with Gasteiger partial charge in [-0.2, -0.15) is 0 Å². The minimum atomic E-state index is -4.16. The van der Waals surface area contributed by atoms with Gasteiger partial charge in [0.05, 0.1) is 12.0 Å². The number of hydroxylamine groups is 1. The topological polar surface area (TPSA) is 106 Å². The quantitative estimate of drug-likeness (QED) is 0.490. The molecule has 0 radical (unpaired) electrons. The molecule has 0 saturated heterocycles. The number of carbonyl (C=O) groups is 1. The molecule has 1 aromatic carbocycles. The lowest BCUT2D eigenvalue weighted by molar-refractivity contribution is -0.132. The molecule has 0 spiro atoms. The van der Waals surface area contributed by atoms with Gasteiger partial charge >= 0.3 is 0 Å². The fourth-order valence-electron chi connectivity index (χ4n) is 3.03. The van der Waals surface area contributed by atoms with Crippen LogP contribution in [0.15, 0.2) is 53.6 Å². The molecule has 1 amide bonds. The number of methoxy groups -OCH3 is 1. The van der Waals surface area contributed by atoms with E-state index in [1.807, 2.05) is 13.8 Å². The van der Waals surface area contributed by atoms with Gasteiger partial charge < -0.3 is 4.74 Å². The molecule has 0 saturated carbocycles. The number of carbonyl (C=O) groups excluding carboxylic acids is 1. The zero-order valence-electron chi connectivity index (χ0n) is 16.3. The highest BCUT2D eigenvalue weighted by molar-refractivity contribution is 7.93. The van der Waals surface area contributed by atoms with Gasteiger partial charge in [-0.1, -0.05) is 19.9 Å². The standard InChI is InChI=1S/C20H26N2O5S/c1-15(2)11-12-20(19(23)22-24,14-16-6-4-5-13-21-16)28(25,26)18-9-7-17(27-3)8-10-18/h4-10,13,15,24H,11-12,14H2,1-3H3,(H,22,23). The van der Waals surface area contributed by atoms with Crippen molar-refractivity contribution in [2.45, 2.75) is 42.8 Å². The number of aromatic nitrogens is 1. The predicted molar refractivity (Wildman–Crippen MR) is 105 cm³/mol. The lowest BCUT2D eigenvalue weighted by Gasteiger charge is -2.31. The Morgan fingerprint density at radius 2 is 1.89 bits per heavy atom. The van der Waals surface area contributed by atoms with Gasteiger partial charge in [0.25, 0.3) is 5.91 Å². The van der Waals surface area contributed by atoms with E-state index >= 15 is 0 Å². The van der Waals surface area contributed by atoms with E-state index in [0.29, 0.717) is 17.9 Å². The summed E-state index contributed by atoms with van der Waals surface area (Å²) in [6.45, 7) is 3.89. The third-order valence-corrected chi connectivity index (χ3v) is 7.17. The summed E-state index contributed by atoms with van der Waals surface area (Å²) in [5.74, 6) is -0.293. The van der Waals surface area contributed by atoms with E-state index in [-0.39, 0.29) is 23.7 Å². The number of rotatable bonds is 9. The summed E-state index contributed by atoms with van der Waals surface area (Å²) in [6.07, 6.45) is 1.92. The molecule has 0 aliphatic carbocycles. The summed E-state index contributed by atoms with van der Waals surface area (Å²) >= 11 is 0. The lowest BCUT2D eigenvalue weighted by Crippen LogP contribution is -2.53. The van der Waals surface area contributed by atoms with Crippen LogP contribution in [0.3, 0.4) is 0 Å². The molecule has 1 atom stereocenters. The molecule has 0 bridgehead atoms. The number of benzene rings is 1. The summed E-state index contributed by atoms with van der Waals surface area (Å²) in [4.78, 5) is 17.0. The van der Waals surface area contributed by atoms with Crippen LogP contribution in [-0.2, 0) is 21.1 Å². The molecule has 1 heterocycles. The second-order valence-electron chi connectivity index (χ2n) is 7.04. The maximum atomic E-state index is 13.6. The molecule has 2 rings (SSSR count). The van der Waals surface area contributed by atoms with Crippen LogP contribution in [0, 0.1) is 5.92 Å². The van der Waals surface area contributed by atoms with E-state index in [0.717, 1.165) is 0 Å². The minimum absolute atomic E-state index is 0.0170. The summed E-state index contributed by atoms with van der Waals surface area (Å²) in [5, 5.41) is 9.40. The largest absolute Gasteiger partial charge is 0.497 e. The van der Waals surface area contributed by atoms with Crippen LogP contribution in [-0.4, -0.2) is 36.4 Å². The first-order valence-electron chi connectivity index (χ1n) is 9.00. The Morgan fingerprint density at radius 3 is 2.39 bits per heavy atom. The average Bonchev–Trinajstić information content (AvgIpc) is 2.71. The van der Waals surface area contributed by atoms with E-state index in [4.69, 9.17) is 4.74 Å². The Labute approximate surface area is 165 Å². The molecule has 152 valence electrons. The Kier molecular flexibility index (Phi) is 7.15. The summed E-state index contributed by atoms with van der Waals surface area (Å²) in [5.41, 5.74) is 2.03. The Hall–Kier alpha value is -2.45. The van der Waals surface area contributed by atoms with Gasteiger partial charge in [0.2, 0.25) is 0 Å². The summed E-state index contributed by atoms with van der Waals surface area (Å²) in [6, 6.07) is 11.0. The van der Waals surface area contributed by atoms with Gasteiger partial charge in [0.15, 0.2) is 14.6 Å². The number of ether oxygens (including phenoxy) is 1. The van der Waals surface area contributed by atoms with Crippen molar-refractivity contribution in [2.24, 2.45) is 5.92 Å². The first-order valence-corrected chi connectivity index (χ1v) is 10.5. The molecule has 2 N–H and O–H groups in total. The molecule has 8 heteroatoms. The zero-order chi connectivity index (χ0) is 20.8. The molecule has 7 nitrogen and oxygen atoms in total. The molecule has 0 fully saturated rings. The van der Waals surface area contributed by atoms with E-state index in [1.165, 1.54) is 31.4 Å². The Balaban J connectivity index is 2.62. The fourth-order valence-corrected chi connectivity index (χ4v) is 4.99. The van der Waals surface area contributed by atoms with Crippen molar-refractivity contribution < 1.29 is 23.2 Å². The average molecular weight is 407 g/mol. The van der Waals surface area contributed by atoms with Crippen LogP contribution >= 0.6 is 0 Å².